The lowest BCUT2D eigenvalue weighted by atomic mass is 10.2. The molecule has 0 saturated heterocycles. The van der Waals surface area contributed by atoms with Crippen molar-refractivity contribution in [3.8, 4) is 0 Å². The van der Waals surface area contributed by atoms with Crippen molar-refractivity contribution in [2.45, 2.75) is 19.8 Å². The Morgan fingerprint density at radius 3 is 2.80 bits per heavy atom. The number of hydrogen-bond acceptors (Lipinski definition) is 4. The van der Waals surface area contributed by atoms with Crippen LogP contribution in [0.2, 0.25) is 0 Å². The van der Waals surface area contributed by atoms with Crippen LogP contribution in [0, 0.1) is 0 Å². The van der Waals surface area contributed by atoms with Gasteiger partial charge in [0.2, 0.25) is 0 Å². The maximum atomic E-state index is 5.71. The third kappa shape index (κ3) is 1.90. The number of nitrogens with two attached hydrogens (primary N) is 1. The van der Waals surface area contributed by atoms with E-state index in [4.69, 9.17) is 18.0 Å². The van der Waals surface area contributed by atoms with Gasteiger partial charge in [-0.3, -0.25) is 0 Å². The summed E-state index contributed by atoms with van der Waals surface area (Å²) in [4.78, 5) is 0. The molecule has 1 nitrogen and oxygen atoms in total. The Morgan fingerprint density at radius 2 is 2.30 bits per heavy atom. The molecule has 0 unspecified atom stereocenters. The zero-order chi connectivity index (χ0) is 7.56. The fraction of sp³-hybridized carbons (Fsp3) is 0.500. The van der Waals surface area contributed by atoms with E-state index in [0.717, 1.165) is 22.1 Å². The Balaban J connectivity index is 2.72. The van der Waals surface area contributed by atoms with Gasteiger partial charge in [-0.2, -0.15) is 0 Å². The SMILES string of the molecule is CCC1=C(N)SSC(=S)C1. The highest BCUT2D eigenvalue weighted by atomic mass is 33.1. The zero-order valence-corrected chi connectivity index (χ0v) is 8.17. The van der Waals surface area contributed by atoms with Crippen LogP contribution >= 0.6 is 33.8 Å². The average Bonchev–Trinajstić information content (AvgIpc) is 1.94. The molecule has 0 aromatic carbocycles. The molecule has 1 rings (SSSR count). The van der Waals surface area contributed by atoms with E-state index in [1.165, 1.54) is 5.57 Å². The van der Waals surface area contributed by atoms with E-state index >= 15 is 0 Å². The van der Waals surface area contributed by atoms with Gasteiger partial charge in [-0.1, -0.05) is 19.1 Å². The van der Waals surface area contributed by atoms with E-state index in [1.807, 2.05) is 0 Å². The largest absolute Gasteiger partial charge is 0.393 e. The summed E-state index contributed by atoms with van der Waals surface area (Å²) in [5.74, 6) is 0. The van der Waals surface area contributed by atoms with Crippen LogP contribution in [0.15, 0.2) is 10.6 Å². The minimum absolute atomic E-state index is 0.912. The molecular formula is C6H9NS3. The molecule has 1 aliphatic heterocycles. The Morgan fingerprint density at radius 1 is 1.60 bits per heavy atom. The van der Waals surface area contributed by atoms with Gasteiger partial charge in [0.1, 0.15) is 0 Å². The van der Waals surface area contributed by atoms with Crippen LogP contribution in [0.25, 0.3) is 0 Å². The topological polar surface area (TPSA) is 26.0 Å². The van der Waals surface area contributed by atoms with Gasteiger partial charge in [-0.05, 0) is 33.6 Å². The number of hydrogen-bond donors (Lipinski definition) is 1. The predicted molar refractivity (Wildman–Crippen MR) is 53.9 cm³/mol. The summed E-state index contributed by atoms with van der Waals surface area (Å²) >= 11 is 5.05. The highest BCUT2D eigenvalue weighted by molar-refractivity contribution is 8.85. The molecule has 0 fully saturated rings. The summed E-state index contributed by atoms with van der Waals surface area (Å²) in [6.45, 7) is 2.11. The van der Waals surface area contributed by atoms with E-state index < -0.39 is 0 Å². The monoisotopic (exact) mass is 191 g/mol. The second-order valence-electron chi connectivity index (χ2n) is 2.04. The minimum Gasteiger partial charge on any atom is -0.393 e. The maximum Gasteiger partial charge on any atom is 0.0762 e. The van der Waals surface area contributed by atoms with Gasteiger partial charge in [0.05, 0.1) is 9.23 Å². The molecule has 1 aliphatic rings. The third-order valence-electron chi connectivity index (χ3n) is 1.36. The van der Waals surface area contributed by atoms with Crippen LogP contribution < -0.4 is 5.73 Å². The van der Waals surface area contributed by atoms with Gasteiger partial charge in [0.25, 0.3) is 0 Å². The Labute approximate surface area is 74.2 Å². The van der Waals surface area contributed by atoms with Crippen molar-refractivity contribution in [1.29, 1.82) is 0 Å². The first-order valence-electron chi connectivity index (χ1n) is 3.09. The lowest BCUT2D eigenvalue weighted by Crippen LogP contribution is -2.04. The summed E-state index contributed by atoms with van der Waals surface area (Å²) in [5, 5.41) is 0.959. The average molecular weight is 191 g/mol. The zero-order valence-electron chi connectivity index (χ0n) is 5.72. The van der Waals surface area contributed by atoms with Crippen LogP contribution in [0.5, 0.6) is 0 Å². The smallest absolute Gasteiger partial charge is 0.0762 e. The molecule has 0 amide bonds. The second kappa shape index (κ2) is 3.64. The van der Waals surface area contributed by atoms with Crippen molar-refractivity contribution >= 4 is 38.0 Å². The summed E-state index contributed by atoms with van der Waals surface area (Å²) in [5.41, 5.74) is 7.01. The van der Waals surface area contributed by atoms with E-state index in [2.05, 4.69) is 6.92 Å². The lowest BCUT2D eigenvalue weighted by molar-refractivity contribution is 1.04. The van der Waals surface area contributed by atoms with Gasteiger partial charge in [-0.15, -0.1) is 0 Å². The Kier molecular flexibility index (Phi) is 3.07. The molecule has 0 spiro atoms. The molecule has 1 heterocycles. The van der Waals surface area contributed by atoms with Gasteiger partial charge < -0.3 is 5.73 Å². The minimum atomic E-state index is 0.912. The highest BCUT2D eigenvalue weighted by Gasteiger charge is 2.13. The van der Waals surface area contributed by atoms with Crippen LogP contribution in [0.4, 0.5) is 0 Å². The predicted octanol–water partition coefficient (Wildman–Crippen LogP) is 2.68. The van der Waals surface area contributed by atoms with Crippen LogP contribution in [-0.4, -0.2) is 4.20 Å². The van der Waals surface area contributed by atoms with Gasteiger partial charge >= 0.3 is 0 Å². The first-order valence-corrected chi connectivity index (χ1v) is 5.64. The fourth-order valence-corrected chi connectivity index (χ4v) is 3.05. The Bertz CT molecular complexity index is 185. The normalized spacial score (nSPS) is 19.9. The third-order valence-corrected chi connectivity index (χ3v) is 4.34. The molecule has 56 valence electrons. The van der Waals surface area contributed by atoms with Crippen molar-refractivity contribution in [2.75, 3.05) is 0 Å². The highest BCUT2D eigenvalue weighted by Crippen LogP contribution is 2.38. The van der Waals surface area contributed by atoms with E-state index in [9.17, 15) is 0 Å². The summed E-state index contributed by atoms with van der Waals surface area (Å²) in [6, 6.07) is 0. The number of rotatable bonds is 1. The first kappa shape index (κ1) is 8.43. The van der Waals surface area contributed by atoms with Crippen molar-refractivity contribution in [1.82, 2.24) is 0 Å². The fourth-order valence-electron chi connectivity index (χ4n) is 0.740. The van der Waals surface area contributed by atoms with Gasteiger partial charge in [0.15, 0.2) is 0 Å². The molecule has 0 aliphatic carbocycles. The van der Waals surface area contributed by atoms with Crippen LogP contribution in [-0.2, 0) is 0 Å². The van der Waals surface area contributed by atoms with Crippen LogP contribution in [0.1, 0.15) is 19.8 Å². The summed E-state index contributed by atoms with van der Waals surface area (Å²) in [7, 11) is 3.20. The standard InChI is InChI=1S/C6H9NS3/c1-2-4-3-5(8)9-10-6(4)7/h2-3,7H2,1H3. The lowest BCUT2D eigenvalue weighted by Gasteiger charge is -2.14. The molecule has 0 radical (unpaired) electrons. The van der Waals surface area contributed by atoms with Crippen molar-refractivity contribution < 1.29 is 0 Å². The molecule has 2 N–H and O–H groups in total. The van der Waals surface area contributed by atoms with Crippen LogP contribution in [0.3, 0.4) is 0 Å². The molecule has 4 heteroatoms. The Hall–Kier alpha value is 0.330. The molecule has 0 atom stereocenters. The number of allylic oxidation sites excluding steroid dienone is 1. The second-order valence-corrected chi connectivity index (χ2v) is 5.05. The summed E-state index contributed by atoms with van der Waals surface area (Å²) in [6.07, 6.45) is 1.94. The number of thiocarbonyl (C=S) groups is 1. The molecule has 0 aromatic heterocycles. The molecule has 0 aromatic rings. The molecule has 0 bridgehead atoms. The first-order chi connectivity index (χ1) is 4.74. The molecule has 0 saturated carbocycles. The van der Waals surface area contributed by atoms with Crippen molar-refractivity contribution in [3.63, 3.8) is 0 Å². The van der Waals surface area contributed by atoms with Gasteiger partial charge in [-0.25, -0.2) is 0 Å². The van der Waals surface area contributed by atoms with E-state index in [-0.39, 0.29) is 0 Å². The maximum absolute atomic E-state index is 5.71. The van der Waals surface area contributed by atoms with E-state index in [0.29, 0.717) is 0 Å². The molecule has 10 heavy (non-hydrogen) atoms. The quantitative estimate of drug-likeness (QED) is 0.509. The summed E-state index contributed by atoms with van der Waals surface area (Å²) < 4.78 is 1.05. The molecular weight excluding hydrogens is 182 g/mol. The van der Waals surface area contributed by atoms with E-state index in [1.54, 1.807) is 21.6 Å². The van der Waals surface area contributed by atoms with Crippen molar-refractivity contribution in [2.24, 2.45) is 5.73 Å². The van der Waals surface area contributed by atoms with Crippen molar-refractivity contribution in [3.05, 3.63) is 10.6 Å². The van der Waals surface area contributed by atoms with Gasteiger partial charge in [0, 0.05) is 6.42 Å².